The highest BCUT2D eigenvalue weighted by Crippen LogP contribution is 2.33. The molecule has 0 saturated heterocycles. The molecule has 0 aliphatic heterocycles. The quantitative estimate of drug-likeness (QED) is 0.738. The van der Waals surface area contributed by atoms with Crippen LogP contribution in [0.2, 0.25) is 0 Å². The molecule has 25 heavy (non-hydrogen) atoms. The van der Waals surface area contributed by atoms with Crippen LogP contribution in [0.3, 0.4) is 0 Å². The average molecular weight is 349 g/mol. The standard InChI is InChI=1S/C19H21F2NO3/c1-3-4-6-13-9-11-14(12-10-13)22-18(23)15-7-5-8-16(24-2)17(15)25-19(20)21/h5,7-12,19H,3-4,6H2,1-2H3,(H,22,23). The normalized spacial score (nSPS) is 10.6. The summed E-state index contributed by atoms with van der Waals surface area (Å²) in [6.45, 7) is -0.928. The Morgan fingerprint density at radius 1 is 1.16 bits per heavy atom. The van der Waals surface area contributed by atoms with E-state index in [1.807, 2.05) is 12.1 Å². The van der Waals surface area contributed by atoms with Gasteiger partial charge in [0.15, 0.2) is 11.5 Å². The van der Waals surface area contributed by atoms with E-state index in [-0.39, 0.29) is 17.1 Å². The molecule has 1 N–H and O–H groups in total. The van der Waals surface area contributed by atoms with Gasteiger partial charge in [-0.25, -0.2) is 0 Å². The Kier molecular flexibility index (Phi) is 6.74. The first-order valence-corrected chi connectivity index (χ1v) is 8.07. The van der Waals surface area contributed by atoms with Gasteiger partial charge in [0.25, 0.3) is 5.91 Å². The zero-order chi connectivity index (χ0) is 18.2. The number of methoxy groups -OCH3 is 1. The molecule has 0 aromatic heterocycles. The second kappa shape index (κ2) is 9.01. The van der Waals surface area contributed by atoms with Gasteiger partial charge in [-0.3, -0.25) is 4.79 Å². The molecule has 0 bridgehead atoms. The van der Waals surface area contributed by atoms with Crippen LogP contribution in [0.5, 0.6) is 11.5 Å². The predicted molar refractivity (Wildman–Crippen MR) is 92.6 cm³/mol. The first-order valence-electron chi connectivity index (χ1n) is 8.07. The highest BCUT2D eigenvalue weighted by Gasteiger charge is 2.20. The van der Waals surface area contributed by atoms with Gasteiger partial charge in [0.2, 0.25) is 0 Å². The van der Waals surface area contributed by atoms with Crippen LogP contribution in [-0.4, -0.2) is 19.6 Å². The van der Waals surface area contributed by atoms with Gasteiger partial charge in [-0.15, -0.1) is 0 Å². The van der Waals surface area contributed by atoms with Crippen molar-refractivity contribution < 1.29 is 23.0 Å². The molecule has 0 heterocycles. The Morgan fingerprint density at radius 3 is 2.48 bits per heavy atom. The van der Waals surface area contributed by atoms with Crippen LogP contribution in [0.25, 0.3) is 0 Å². The number of halogens is 2. The number of benzene rings is 2. The van der Waals surface area contributed by atoms with Crippen molar-refractivity contribution in [2.24, 2.45) is 0 Å². The van der Waals surface area contributed by atoms with Crippen LogP contribution in [0, 0.1) is 0 Å². The maximum Gasteiger partial charge on any atom is 0.387 e. The number of unbranched alkanes of at least 4 members (excludes halogenated alkanes) is 1. The predicted octanol–water partition coefficient (Wildman–Crippen LogP) is 4.89. The number of para-hydroxylation sites is 1. The number of alkyl halides is 2. The molecule has 6 heteroatoms. The minimum Gasteiger partial charge on any atom is -0.493 e. The number of ether oxygens (including phenoxy) is 2. The van der Waals surface area contributed by atoms with Crippen LogP contribution < -0.4 is 14.8 Å². The number of rotatable bonds is 8. The average Bonchev–Trinajstić information content (AvgIpc) is 2.60. The maximum atomic E-state index is 12.6. The molecule has 0 unspecified atom stereocenters. The minimum absolute atomic E-state index is 0.0188. The molecule has 1 amide bonds. The van der Waals surface area contributed by atoms with E-state index < -0.39 is 12.5 Å². The number of amides is 1. The topological polar surface area (TPSA) is 47.6 Å². The fourth-order valence-corrected chi connectivity index (χ4v) is 2.40. The molecule has 0 spiro atoms. The van der Waals surface area contributed by atoms with Crippen LogP contribution in [0.15, 0.2) is 42.5 Å². The smallest absolute Gasteiger partial charge is 0.387 e. The second-order valence-corrected chi connectivity index (χ2v) is 5.47. The van der Waals surface area contributed by atoms with Crippen molar-refractivity contribution in [3.05, 3.63) is 53.6 Å². The maximum absolute atomic E-state index is 12.6. The minimum atomic E-state index is -3.05. The Balaban J connectivity index is 2.17. The Hall–Kier alpha value is -2.63. The fourth-order valence-electron chi connectivity index (χ4n) is 2.40. The molecule has 4 nitrogen and oxygen atoms in total. The first-order chi connectivity index (χ1) is 12.0. The van der Waals surface area contributed by atoms with E-state index in [0.29, 0.717) is 5.69 Å². The lowest BCUT2D eigenvalue weighted by Gasteiger charge is -2.14. The van der Waals surface area contributed by atoms with Crippen LogP contribution in [0.1, 0.15) is 35.7 Å². The third-order valence-corrected chi connectivity index (χ3v) is 3.68. The van der Waals surface area contributed by atoms with E-state index in [2.05, 4.69) is 17.0 Å². The van der Waals surface area contributed by atoms with Crippen LogP contribution in [-0.2, 0) is 6.42 Å². The molecule has 0 radical (unpaired) electrons. The molecule has 2 rings (SSSR count). The zero-order valence-corrected chi connectivity index (χ0v) is 14.2. The van der Waals surface area contributed by atoms with Gasteiger partial charge >= 0.3 is 6.61 Å². The van der Waals surface area contributed by atoms with Gasteiger partial charge in [-0.2, -0.15) is 8.78 Å². The number of aryl methyl sites for hydroxylation is 1. The van der Waals surface area contributed by atoms with Gasteiger partial charge in [-0.05, 0) is 42.7 Å². The summed E-state index contributed by atoms with van der Waals surface area (Å²) >= 11 is 0. The van der Waals surface area contributed by atoms with E-state index in [1.165, 1.54) is 24.8 Å². The van der Waals surface area contributed by atoms with Crippen molar-refractivity contribution in [1.82, 2.24) is 0 Å². The molecule has 0 atom stereocenters. The Bertz CT molecular complexity index is 702. The number of nitrogens with one attached hydrogen (secondary N) is 1. The lowest BCUT2D eigenvalue weighted by molar-refractivity contribution is -0.0515. The number of anilines is 1. The summed E-state index contributed by atoms with van der Waals surface area (Å²) in [7, 11) is 1.32. The number of hydrogen-bond donors (Lipinski definition) is 1. The summed E-state index contributed by atoms with van der Waals surface area (Å²) in [6, 6.07) is 11.9. The van der Waals surface area contributed by atoms with Crippen molar-refractivity contribution in [3.8, 4) is 11.5 Å². The summed E-state index contributed by atoms with van der Waals surface area (Å²) in [5.41, 5.74) is 1.74. The summed E-state index contributed by atoms with van der Waals surface area (Å²) in [5.74, 6) is -0.754. The van der Waals surface area contributed by atoms with Crippen molar-refractivity contribution in [3.63, 3.8) is 0 Å². The number of carbonyl (C=O) groups excluding carboxylic acids is 1. The number of carbonyl (C=O) groups is 1. The van der Waals surface area contributed by atoms with E-state index >= 15 is 0 Å². The van der Waals surface area contributed by atoms with E-state index in [4.69, 9.17) is 4.74 Å². The van der Waals surface area contributed by atoms with Crippen LogP contribution >= 0.6 is 0 Å². The Morgan fingerprint density at radius 2 is 1.88 bits per heavy atom. The summed E-state index contributed by atoms with van der Waals surface area (Å²) < 4.78 is 34.8. The number of hydrogen-bond acceptors (Lipinski definition) is 3. The molecular weight excluding hydrogens is 328 g/mol. The second-order valence-electron chi connectivity index (χ2n) is 5.47. The van der Waals surface area contributed by atoms with Gasteiger partial charge in [0, 0.05) is 5.69 Å². The van der Waals surface area contributed by atoms with Gasteiger partial charge in [-0.1, -0.05) is 31.5 Å². The van der Waals surface area contributed by atoms with E-state index in [0.717, 1.165) is 19.3 Å². The van der Waals surface area contributed by atoms with Gasteiger partial charge in [0.05, 0.1) is 12.7 Å². The van der Waals surface area contributed by atoms with E-state index in [1.54, 1.807) is 18.2 Å². The lowest BCUT2D eigenvalue weighted by atomic mass is 10.1. The summed E-state index contributed by atoms with van der Waals surface area (Å²) in [5, 5.41) is 2.69. The molecular formula is C19H21F2NO3. The molecule has 2 aromatic rings. The van der Waals surface area contributed by atoms with Crippen molar-refractivity contribution in [2.45, 2.75) is 32.8 Å². The lowest BCUT2D eigenvalue weighted by Crippen LogP contribution is -2.15. The Labute approximate surface area is 145 Å². The third-order valence-electron chi connectivity index (χ3n) is 3.68. The van der Waals surface area contributed by atoms with Crippen molar-refractivity contribution >= 4 is 11.6 Å². The van der Waals surface area contributed by atoms with Crippen LogP contribution in [0.4, 0.5) is 14.5 Å². The fraction of sp³-hybridized carbons (Fsp3) is 0.316. The first kappa shape index (κ1) is 18.7. The molecule has 0 saturated carbocycles. The van der Waals surface area contributed by atoms with Gasteiger partial charge in [0.1, 0.15) is 0 Å². The molecule has 134 valence electrons. The molecule has 0 fully saturated rings. The molecule has 2 aromatic carbocycles. The summed E-state index contributed by atoms with van der Waals surface area (Å²) in [4.78, 5) is 12.4. The van der Waals surface area contributed by atoms with Gasteiger partial charge < -0.3 is 14.8 Å². The van der Waals surface area contributed by atoms with Crippen molar-refractivity contribution in [2.75, 3.05) is 12.4 Å². The van der Waals surface area contributed by atoms with E-state index in [9.17, 15) is 13.6 Å². The third kappa shape index (κ3) is 5.17. The highest BCUT2D eigenvalue weighted by atomic mass is 19.3. The highest BCUT2D eigenvalue weighted by molar-refractivity contribution is 6.06. The SMILES string of the molecule is CCCCc1ccc(NC(=O)c2cccc(OC)c2OC(F)F)cc1. The molecule has 0 aliphatic carbocycles. The summed E-state index contributed by atoms with van der Waals surface area (Å²) in [6.07, 6.45) is 3.19. The zero-order valence-electron chi connectivity index (χ0n) is 14.2. The monoisotopic (exact) mass is 349 g/mol. The van der Waals surface area contributed by atoms with Crippen molar-refractivity contribution in [1.29, 1.82) is 0 Å². The molecule has 0 aliphatic rings. The largest absolute Gasteiger partial charge is 0.493 e.